The van der Waals surface area contributed by atoms with E-state index < -0.39 is 9.85 Å². The predicted octanol–water partition coefficient (Wildman–Crippen LogP) is 2.05. The zero-order valence-electron chi connectivity index (χ0n) is 16.2. The van der Waals surface area contributed by atoms with Crippen molar-refractivity contribution < 1.29 is 14.6 Å². The van der Waals surface area contributed by atoms with E-state index in [0.29, 0.717) is 37.7 Å². The molecule has 0 unspecified atom stereocenters. The molecule has 0 spiro atoms. The molecule has 0 atom stereocenters. The summed E-state index contributed by atoms with van der Waals surface area (Å²) in [6, 6.07) is 10.5. The maximum atomic E-state index is 12.8. The molecule has 1 aliphatic heterocycles. The van der Waals surface area contributed by atoms with Crippen molar-refractivity contribution in [2.24, 2.45) is 0 Å². The number of amides is 1. The molecule has 1 saturated heterocycles. The molecule has 1 aliphatic rings. The van der Waals surface area contributed by atoms with Crippen LogP contribution in [-0.4, -0.2) is 61.6 Å². The Labute approximate surface area is 175 Å². The highest BCUT2D eigenvalue weighted by Crippen LogP contribution is 2.19. The quantitative estimate of drug-likeness (QED) is 0.448. The highest BCUT2D eigenvalue weighted by Gasteiger charge is 2.24. The van der Waals surface area contributed by atoms with E-state index in [2.05, 4.69) is 10.1 Å². The summed E-state index contributed by atoms with van der Waals surface area (Å²) >= 11 is 0. The molecule has 12 heteroatoms. The fourth-order valence-corrected chi connectivity index (χ4v) is 3.28. The van der Waals surface area contributed by atoms with Gasteiger partial charge in [0.1, 0.15) is 12.0 Å². The number of non-ortho nitro benzene ring substituents is 1. The molecule has 2 aromatic heterocycles. The van der Waals surface area contributed by atoms with Crippen LogP contribution in [-0.2, 0) is 0 Å². The molecule has 4 rings (SSSR count). The van der Waals surface area contributed by atoms with Crippen molar-refractivity contribution in [2.45, 2.75) is 0 Å². The summed E-state index contributed by atoms with van der Waals surface area (Å²) < 4.78 is 1.49. The van der Waals surface area contributed by atoms with Gasteiger partial charge in [-0.3, -0.25) is 25.0 Å². The Kier molecular flexibility index (Phi) is 5.26. The number of benzene rings is 1. The largest absolute Gasteiger partial charge is 0.353 e. The van der Waals surface area contributed by atoms with Gasteiger partial charge in [-0.1, -0.05) is 0 Å². The van der Waals surface area contributed by atoms with Gasteiger partial charge in [-0.15, -0.1) is 0 Å². The van der Waals surface area contributed by atoms with Gasteiger partial charge in [-0.2, -0.15) is 5.10 Å². The number of pyridine rings is 1. The first-order valence-corrected chi connectivity index (χ1v) is 9.37. The lowest BCUT2D eigenvalue weighted by atomic mass is 10.2. The van der Waals surface area contributed by atoms with E-state index in [1.54, 1.807) is 35.4 Å². The normalized spacial score (nSPS) is 13.8. The van der Waals surface area contributed by atoms with Gasteiger partial charge in [0.15, 0.2) is 5.69 Å². The van der Waals surface area contributed by atoms with E-state index in [4.69, 9.17) is 0 Å². The van der Waals surface area contributed by atoms with Crippen molar-refractivity contribution in [2.75, 3.05) is 31.1 Å². The smallest absolute Gasteiger partial charge is 0.287 e. The van der Waals surface area contributed by atoms with E-state index in [1.165, 1.54) is 29.1 Å². The molecule has 0 radical (unpaired) electrons. The van der Waals surface area contributed by atoms with Crippen LogP contribution in [0.25, 0.3) is 5.69 Å². The Morgan fingerprint density at radius 3 is 2.10 bits per heavy atom. The van der Waals surface area contributed by atoms with Crippen LogP contribution in [0.5, 0.6) is 0 Å². The zero-order valence-corrected chi connectivity index (χ0v) is 16.2. The molecule has 1 amide bonds. The number of piperazine rings is 1. The Hall–Kier alpha value is -4.35. The van der Waals surface area contributed by atoms with Gasteiger partial charge in [0.2, 0.25) is 0 Å². The summed E-state index contributed by atoms with van der Waals surface area (Å²) in [5.41, 5.74) is 0.799. The molecule has 12 nitrogen and oxygen atoms in total. The van der Waals surface area contributed by atoms with Crippen LogP contribution in [0.2, 0.25) is 0 Å². The summed E-state index contributed by atoms with van der Waals surface area (Å²) in [7, 11) is 0. The Morgan fingerprint density at radius 1 is 0.871 bits per heavy atom. The SMILES string of the molecule is O=C(c1ccn(-c2ccc([N+](=O)[O-])cc2)n1)N1CCN(c2ccc([N+](=O)[O-])cn2)CC1. The van der Waals surface area contributed by atoms with Crippen LogP contribution in [0.4, 0.5) is 17.2 Å². The molecular formula is C19H17N7O5. The van der Waals surface area contributed by atoms with Gasteiger partial charge >= 0.3 is 0 Å². The van der Waals surface area contributed by atoms with Crippen LogP contribution in [0.15, 0.2) is 54.9 Å². The zero-order chi connectivity index (χ0) is 22.0. The van der Waals surface area contributed by atoms with Crippen LogP contribution in [0, 0.1) is 20.2 Å². The fraction of sp³-hybridized carbons (Fsp3) is 0.211. The Morgan fingerprint density at radius 2 is 1.52 bits per heavy atom. The molecule has 1 fully saturated rings. The second-order valence-corrected chi connectivity index (χ2v) is 6.83. The van der Waals surface area contributed by atoms with Crippen LogP contribution in [0.1, 0.15) is 10.5 Å². The number of carbonyl (C=O) groups excluding carboxylic acids is 1. The number of anilines is 1. The monoisotopic (exact) mass is 423 g/mol. The number of hydrogen-bond donors (Lipinski definition) is 0. The third-order valence-electron chi connectivity index (χ3n) is 4.97. The van der Waals surface area contributed by atoms with Crippen molar-refractivity contribution in [3.8, 4) is 5.69 Å². The lowest BCUT2D eigenvalue weighted by molar-refractivity contribution is -0.385. The second kappa shape index (κ2) is 8.18. The van der Waals surface area contributed by atoms with Crippen LogP contribution >= 0.6 is 0 Å². The molecule has 3 heterocycles. The molecule has 0 saturated carbocycles. The molecule has 0 aliphatic carbocycles. The Bertz CT molecular complexity index is 1120. The standard InChI is InChI=1S/C19H17N7O5/c27-19(17-7-8-24(21-17)14-1-3-15(4-2-14)25(28)29)23-11-9-22(10-12-23)18-6-5-16(13-20-18)26(30)31/h1-8,13H,9-12H2. The van der Waals surface area contributed by atoms with Gasteiger partial charge in [0.25, 0.3) is 17.3 Å². The van der Waals surface area contributed by atoms with Gasteiger partial charge in [0.05, 0.1) is 15.5 Å². The minimum absolute atomic E-state index is 0.0208. The number of hydrogen-bond acceptors (Lipinski definition) is 8. The lowest BCUT2D eigenvalue weighted by Gasteiger charge is -2.35. The van der Waals surface area contributed by atoms with E-state index in [-0.39, 0.29) is 23.0 Å². The van der Waals surface area contributed by atoms with E-state index in [9.17, 15) is 25.0 Å². The van der Waals surface area contributed by atoms with Crippen LogP contribution < -0.4 is 4.90 Å². The molecular weight excluding hydrogens is 406 g/mol. The number of rotatable bonds is 5. The first-order chi connectivity index (χ1) is 14.9. The van der Waals surface area contributed by atoms with Gasteiger partial charge in [0, 0.05) is 50.6 Å². The average Bonchev–Trinajstić information content (AvgIpc) is 3.29. The highest BCUT2D eigenvalue weighted by atomic mass is 16.6. The first kappa shape index (κ1) is 19.9. The fourth-order valence-electron chi connectivity index (χ4n) is 3.28. The summed E-state index contributed by atoms with van der Waals surface area (Å²) in [5.74, 6) is 0.414. The predicted molar refractivity (Wildman–Crippen MR) is 109 cm³/mol. The summed E-state index contributed by atoms with van der Waals surface area (Å²) in [6.45, 7) is 2.00. The van der Waals surface area contributed by atoms with E-state index in [1.807, 2.05) is 4.90 Å². The third-order valence-corrected chi connectivity index (χ3v) is 4.97. The van der Waals surface area contributed by atoms with E-state index in [0.717, 1.165) is 0 Å². The minimum atomic E-state index is -0.497. The molecule has 0 bridgehead atoms. The maximum absolute atomic E-state index is 12.8. The number of nitro benzene ring substituents is 1. The van der Waals surface area contributed by atoms with Crippen molar-refractivity contribution in [3.63, 3.8) is 0 Å². The topological polar surface area (TPSA) is 141 Å². The number of nitrogens with zero attached hydrogens (tertiary/aromatic N) is 7. The number of aromatic nitrogens is 3. The molecule has 1 aromatic carbocycles. The highest BCUT2D eigenvalue weighted by molar-refractivity contribution is 5.92. The minimum Gasteiger partial charge on any atom is -0.353 e. The van der Waals surface area contributed by atoms with Gasteiger partial charge in [-0.25, -0.2) is 9.67 Å². The molecule has 3 aromatic rings. The summed E-state index contributed by atoms with van der Waals surface area (Å²) in [4.78, 5) is 41.1. The summed E-state index contributed by atoms with van der Waals surface area (Å²) in [5, 5.41) is 25.8. The molecule has 158 valence electrons. The van der Waals surface area contributed by atoms with E-state index >= 15 is 0 Å². The summed E-state index contributed by atoms with van der Waals surface area (Å²) in [6.07, 6.45) is 2.85. The lowest BCUT2D eigenvalue weighted by Crippen LogP contribution is -2.49. The first-order valence-electron chi connectivity index (χ1n) is 9.37. The van der Waals surface area contributed by atoms with Crippen molar-refractivity contribution in [3.05, 3.63) is 80.8 Å². The maximum Gasteiger partial charge on any atom is 0.287 e. The van der Waals surface area contributed by atoms with Crippen LogP contribution in [0.3, 0.4) is 0 Å². The van der Waals surface area contributed by atoms with Gasteiger partial charge in [-0.05, 0) is 24.3 Å². The van der Waals surface area contributed by atoms with Crippen molar-refractivity contribution in [1.29, 1.82) is 0 Å². The van der Waals surface area contributed by atoms with Crippen molar-refractivity contribution >= 4 is 23.1 Å². The van der Waals surface area contributed by atoms with Crippen molar-refractivity contribution in [1.82, 2.24) is 19.7 Å². The number of nitro groups is 2. The Balaban J connectivity index is 1.39. The third kappa shape index (κ3) is 4.17. The number of carbonyl (C=O) groups is 1. The average molecular weight is 423 g/mol. The molecule has 31 heavy (non-hydrogen) atoms. The second-order valence-electron chi connectivity index (χ2n) is 6.83. The van der Waals surface area contributed by atoms with Gasteiger partial charge < -0.3 is 9.80 Å². The molecule has 0 N–H and O–H groups in total.